The molecule has 0 spiro atoms. The number of halogens is 1. The molecule has 1 aliphatic rings. The number of hydrogen-bond donors (Lipinski definition) is 1. The lowest BCUT2D eigenvalue weighted by molar-refractivity contribution is 0.0989. The topological polar surface area (TPSA) is 49.4 Å². The van der Waals surface area contributed by atoms with Crippen molar-refractivity contribution in [3.63, 3.8) is 0 Å². The Kier molecular flexibility index (Phi) is 4.42. The Labute approximate surface area is 156 Å². The Balaban J connectivity index is 1.55. The van der Waals surface area contributed by atoms with Gasteiger partial charge in [-0.2, -0.15) is 0 Å². The Morgan fingerprint density at radius 3 is 2.44 bits per heavy atom. The number of carbonyl (C=O) groups excluding carboxylic acids is 2. The molecule has 3 aromatic rings. The highest BCUT2D eigenvalue weighted by atomic mass is 19.1. The van der Waals surface area contributed by atoms with Gasteiger partial charge in [0.2, 0.25) is 0 Å². The summed E-state index contributed by atoms with van der Waals surface area (Å²) < 4.78 is 13.0. The molecule has 0 atom stereocenters. The third-order valence-electron chi connectivity index (χ3n) is 4.61. The van der Waals surface area contributed by atoms with Crippen molar-refractivity contribution in [1.29, 1.82) is 0 Å². The van der Waals surface area contributed by atoms with Gasteiger partial charge in [-0.05, 0) is 60.5 Å². The van der Waals surface area contributed by atoms with Gasteiger partial charge in [0.1, 0.15) is 5.82 Å². The minimum atomic E-state index is -0.369. The second kappa shape index (κ2) is 7.03. The number of rotatable bonds is 3. The summed E-state index contributed by atoms with van der Waals surface area (Å²) in [4.78, 5) is 27.1. The monoisotopic (exact) mass is 360 g/mol. The van der Waals surface area contributed by atoms with Crippen LogP contribution in [0.1, 0.15) is 26.3 Å². The van der Waals surface area contributed by atoms with Crippen LogP contribution in [-0.2, 0) is 6.42 Å². The van der Waals surface area contributed by atoms with Crippen LogP contribution in [0.15, 0.2) is 72.8 Å². The Morgan fingerprint density at radius 1 is 0.889 bits per heavy atom. The van der Waals surface area contributed by atoms with E-state index in [1.54, 1.807) is 29.2 Å². The molecule has 0 bridgehead atoms. The number of hydrogen-bond acceptors (Lipinski definition) is 2. The predicted molar refractivity (Wildman–Crippen MR) is 103 cm³/mol. The quantitative estimate of drug-likeness (QED) is 0.758. The number of benzene rings is 3. The van der Waals surface area contributed by atoms with E-state index in [1.165, 1.54) is 24.3 Å². The van der Waals surface area contributed by atoms with Crippen LogP contribution < -0.4 is 10.2 Å². The lowest BCUT2D eigenvalue weighted by Gasteiger charge is -2.17. The summed E-state index contributed by atoms with van der Waals surface area (Å²) in [5.74, 6) is -0.846. The molecule has 134 valence electrons. The number of carbonyl (C=O) groups is 2. The molecule has 1 aliphatic heterocycles. The summed E-state index contributed by atoms with van der Waals surface area (Å²) in [6.07, 6.45) is 0.826. The normalized spacial score (nSPS) is 12.6. The highest BCUT2D eigenvalue weighted by Crippen LogP contribution is 2.29. The van der Waals surface area contributed by atoms with Gasteiger partial charge in [-0.25, -0.2) is 4.39 Å². The van der Waals surface area contributed by atoms with Crippen LogP contribution in [0.2, 0.25) is 0 Å². The van der Waals surface area contributed by atoms with Crippen LogP contribution in [-0.4, -0.2) is 18.4 Å². The molecule has 4 nitrogen and oxygen atoms in total. The molecule has 4 rings (SSSR count). The molecular formula is C22H17FN2O2. The van der Waals surface area contributed by atoms with Crippen molar-refractivity contribution >= 4 is 23.2 Å². The maximum Gasteiger partial charge on any atom is 0.258 e. The average Bonchev–Trinajstić information content (AvgIpc) is 3.13. The molecule has 1 heterocycles. The van der Waals surface area contributed by atoms with Crippen LogP contribution in [0.3, 0.4) is 0 Å². The van der Waals surface area contributed by atoms with Crippen molar-refractivity contribution in [3.05, 3.63) is 95.3 Å². The van der Waals surface area contributed by atoms with Crippen LogP contribution in [0.5, 0.6) is 0 Å². The fourth-order valence-corrected chi connectivity index (χ4v) is 3.23. The molecule has 0 saturated heterocycles. The number of para-hydroxylation sites is 1. The molecular weight excluding hydrogens is 343 g/mol. The SMILES string of the molecule is O=C(Nc1ccc(F)cc1)c1cccc(C(=O)N2CCc3ccccc32)c1. The van der Waals surface area contributed by atoms with E-state index in [9.17, 15) is 14.0 Å². The fourth-order valence-electron chi connectivity index (χ4n) is 3.23. The lowest BCUT2D eigenvalue weighted by Crippen LogP contribution is -2.29. The molecule has 0 fully saturated rings. The average molecular weight is 360 g/mol. The van der Waals surface area contributed by atoms with Gasteiger partial charge >= 0.3 is 0 Å². The van der Waals surface area contributed by atoms with Crippen molar-refractivity contribution in [1.82, 2.24) is 0 Å². The number of anilines is 2. The van der Waals surface area contributed by atoms with Crippen molar-refractivity contribution in [2.45, 2.75) is 6.42 Å². The molecule has 0 unspecified atom stereocenters. The molecule has 3 aromatic carbocycles. The second-order valence-corrected chi connectivity index (χ2v) is 6.38. The van der Waals surface area contributed by atoms with E-state index in [0.717, 1.165) is 17.7 Å². The van der Waals surface area contributed by atoms with Gasteiger partial charge in [-0.15, -0.1) is 0 Å². The van der Waals surface area contributed by atoms with E-state index >= 15 is 0 Å². The maximum atomic E-state index is 13.0. The zero-order valence-electron chi connectivity index (χ0n) is 14.5. The molecule has 1 N–H and O–H groups in total. The van der Waals surface area contributed by atoms with Gasteiger partial charge in [0, 0.05) is 29.0 Å². The summed E-state index contributed by atoms with van der Waals surface area (Å²) in [5.41, 5.74) is 3.39. The minimum Gasteiger partial charge on any atom is -0.322 e. The van der Waals surface area contributed by atoms with Crippen LogP contribution in [0.25, 0.3) is 0 Å². The number of nitrogens with zero attached hydrogens (tertiary/aromatic N) is 1. The number of amides is 2. The standard InChI is InChI=1S/C22H17FN2O2/c23-18-8-10-19(11-9-18)24-21(26)16-5-3-6-17(14-16)22(27)25-13-12-15-4-1-2-7-20(15)25/h1-11,14H,12-13H2,(H,24,26). The summed E-state index contributed by atoms with van der Waals surface area (Å²) in [6.45, 7) is 0.629. The van der Waals surface area contributed by atoms with Crippen LogP contribution >= 0.6 is 0 Å². The van der Waals surface area contributed by atoms with Gasteiger partial charge in [-0.3, -0.25) is 9.59 Å². The van der Waals surface area contributed by atoms with E-state index in [2.05, 4.69) is 5.32 Å². The zero-order chi connectivity index (χ0) is 18.8. The Hall–Kier alpha value is -3.47. The predicted octanol–water partition coefficient (Wildman–Crippen LogP) is 4.28. The van der Waals surface area contributed by atoms with Gasteiger partial charge < -0.3 is 10.2 Å². The first-order valence-corrected chi connectivity index (χ1v) is 8.68. The molecule has 27 heavy (non-hydrogen) atoms. The van der Waals surface area contributed by atoms with Crippen molar-refractivity contribution < 1.29 is 14.0 Å². The third kappa shape index (κ3) is 3.44. The fraction of sp³-hybridized carbons (Fsp3) is 0.0909. The zero-order valence-corrected chi connectivity index (χ0v) is 14.5. The summed E-state index contributed by atoms with van der Waals surface area (Å²) in [5, 5.41) is 2.71. The summed E-state index contributed by atoms with van der Waals surface area (Å²) >= 11 is 0. The highest BCUT2D eigenvalue weighted by molar-refractivity contribution is 6.10. The largest absolute Gasteiger partial charge is 0.322 e. The molecule has 0 aliphatic carbocycles. The van der Waals surface area contributed by atoms with E-state index in [0.29, 0.717) is 23.4 Å². The van der Waals surface area contributed by atoms with Crippen molar-refractivity contribution in [2.75, 3.05) is 16.8 Å². The van der Waals surface area contributed by atoms with E-state index < -0.39 is 0 Å². The molecule has 2 amide bonds. The molecule has 0 saturated carbocycles. The highest BCUT2D eigenvalue weighted by Gasteiger charge is 2.25. The Morgan fingerprint density at radius 2 is 1.63 bits per heavy atom. The van der Waals surface area contributed by atoms with E-state index in [-0.39, 0.29) is 17.6 Å². The third-order valence-corrected chi connectivity index (χ3v) is 4.61. The summed E-state index contributed by atoms with van der Waals surface area (Å²) in [7, 11) is 0. The van der Waals surface area contributed by atoms with Gasteiger partial charge in [-0.1, -0.05) is 24.3 Å². The summed E-state index contributed by atoms with van der Waals surface area (Å²) in [6, 6.07) is 20.0. The van der Waals surface area contributed by atoms with Gasteiger partial charge in [0.25, 0.3) is 11.8 Å². The first-order valence-electron chi connectivity index (χ1n) is 8.68. The Bertz CT molecular complexity index is 1010. The molecule has 0 aromatic heterocycles. The van der Waals surface area contributed by atoms with Crippen LogP contribution in [0, 0.1) is 5.82 Å². The molecule has 5 heteroatoms. The number of nitrogens with one attached hydrogen (secondary N) is 1. The molecule has 0 radical (unpaired) electrons. The van der Waals surface area contributed by atoms with Crippen molar-refractivity contribution in [3.8, 4) is 0 Å². The smallest absolute Gasteiger partial charge is 0.258 e. The van der Waals surface area contributed by atoms with Gasteiger partial charge in [0.15, 0.2) is 0 Å². The van der Waals surface area contributed by atoms with Crippen molar-refractivity contribution in [2.24, 2.45) is 0 Å². The van der Waals surface area contributed by atoms with Gasteiger partial charge in [0.05, 0.1) is 0 Å². The van der Waals surface area contributed by atoms with E-state index in [4.69, 9.17) is 0 Å². The minimum absolute atomic E-state index is 0.128. The van der Waals surface area contributed by atoms with Crippen LogP contribution in [0.4, 0.5) is 15.8 Å². The lowest BCUT2D eigenvalue weighted by atomic mass is 10.1. The maximum absolute atomic E-state index is 13.0. The first-order chi connectivity index (χ1) is 13.1. The number of fused-ring (bicyclic) bond motifs is 1. The van der Waals surface area contributed by atoms with E-state index in [1.807, 2.05) is 24.3 Å². The first kappa shape index (κ1) is 17.0. The second-order valence-electron chi connectivity index (χ2n) is 6.38.